The zero-order valence-electron chi connectivity index (χ0n) is 17.2. The van der Waals surface area contributed by atoms with E-state index in [9.17, 15) is 4.79 Å². The Kier molecular flexibility index (Phi) is 6.21. The zero-order valence-corrected chi connectivity index (χ0v) is 18.0. The number of carbonyl (C=O) groups is 1. The molecule has 30 heavy (non-hydrogen) atoms. The van der Waals surface area contributed by atoms with Crippen LogP contribution < -0.4 is 4.80 Å². The van der Waals surface area contributed by atoms with E-state index < -0.39 is 0 Å². The van der Waals surface area contributed by atoms with Crippen molar-refractivity contribution >= 4 is 27.5 Å². The number of aryl methyl sites for hydroxylation is 1. The van der Waals surface area contributed by atoms with Crippen LogP contribution in [-0.4, -0.2) is 23.7 Å². The predicted octanol–water partition coefficient (Wildman–Crippen LogP) is 5.46. The fraction of sp³-hybridized carbons (Fsp3) is 0.200. The van der Waals surface area contributed by atoms with Crippen molar-refractivity contribution in [2.24, 2.45) is 4.99 Å². The van der Waals surface area contributed by atoms with Crippen LogP contribution in [0.1, 0.15) is 22.8 Å². The molecule has 4 rings (SSSR count). The number of ether oxygens (including phenoxy) is 1. The highest BCUT2D eigenvalue weighted by molar-refractivity contribution is 7.16. The summed E-state index contributed by atoms with van der Waals surface area (Å²) in [4.78, 5) is 18.1. The van der Waals surface area contributed by atoms with Gasteiger partial charge in [0.15, 0.2) is 4.80 Å². The van der Waals surface area contributed by atoms with E-state index in [0.717, 1.165) is 21.3 Å². The molecule has 0 aliphatic carbocycles. The summed E-state index contributed by atoms with van der Waals surface area (Å²) in [6.45, 7) is 5.98. The van der Waals surface area contributed by atoms with Crippen LogP contribution in [0.25, 0.3) is 21.3 Å². The Morgan fingerprint density at radius 2 is 1.70 bits per heavy atom. The number of benzene rings is 3. The van der Waals surface area contributed by atoms with Crippen LogP contribution in [0.15, 0.2) is 77.8 Å². The van der Waals surface area contributed by atoms with Gasteiger partial charge in [0.05, 0.1) is 16.8 Å². The largest absolute Gasteiger partial charge is 0.380 e. The lowest BCUT2D eigenvalue weighted by atomic mass is 10.0. The van der Waals surface area contributed by atoms with Gasteiger partial charge in [-0.1, -0.05) is 65.9 Å². The molecule has 1 amide bonds. The van der Waals surface area contributed by atoms with E-state index in [0.29, 0.717) is 30.1 Å². The third-order valence-electron chi connectivity index (χ3n) is 5.00. The lowest BCUT2D eigenvalue weighted by molar-refractivity contribution is 0.0996. The van der Waals surface area contributed by atoms with Gasteiger partial charge in [-0.05, 0) is 48.7 Å². The van der Waals surface area contributed by atoms with Crippen molar-refractivity contribution in [1.29, 1.82) is 0 Å². The lowest BCUT2D eigenvalue weighted by Crippen LogP contribution is -2.20. The molecule has 0 spiro atoms. The summed E-state index contributed by atoms with van der Waals surface area (Å²) in [5.41, 5.74) is 5.08. The summed E-state index contributed by atoms with van der Waals surface area (Å²) in [6.07, 6.45) is 0. The molecule has 152 valence electrons. The average molecular weight is 417 g/mol. The van der Waals surface area contributed by atoms with E-state index in [2.05, 4.69) is 40.7 Å². The van der Waals surface area contributed by atoms with Crippen molar-refractivity contribution < 1.29 is 9.53 Å². The van der Waals surface area contributed by atoms with Crippen LogP contribution in [0.4, 0.5) is 0 Å². The third-order valence-corrected chi connectivity index (χ3v) is 6.05. The van der Waals surface area contributed by atoms with Crippen LogP contribution in [0, 0.1) is 6.92 Å². The summed E-state index contributed by atoms with van der Waals surface area (Å²) in [5, 5.41) is 0. The van der Waals surface area contributed by atoms with Crippen LogP contribution in [0.2, 0.25) is 0 Å². The molecule has 0 bridgehead atoms. The summed E-state index contributed by atoms with van der Waals surface area (Å²) < 4.78 is 8.77. The van der Waals surface area contributed by atoms with Gasteiger partial charge >= 0.3 is 0 Å². The predicted molar refractivity (Wildman–Crippen MR) is 123 cm³/mol. The van der Waals surface area contributed by atoms with Crippen LogP contribution in [0.5, 0.6) is 0 Å². The van der Waals surface area contributed by atoms with Gasteiger partial charge in [0.2, 0.25) is 0 Å². The number of para-hydroxylation sites is 1. The molecular weight excluding hydrogens is 392 g/mol. The summed E-state index contributed by atoms with van der Waals surface area (Å²) in [7, 11) is 0. The van der Waals surface area contributed by atoms with E-state index in [1.807, 2.05) is 55.5 Å². The van der Waals surface area contributed by atoms with E-state index in [-0.39, 0.29) is 5.91 Å². The highest BCUT2D eigenvalue weighted by Gasteiger charge is 2.11. The Balaban J connectivity index is 1.69. The first kappa shape index (κ1) is 20.3. The summed E-state index contributed by atoms with van der Waals surface area (Å²) in [5.74, 6) is -0.232. The van der Waals surface area contributed by atoms with Gasteiger partial charge in [-0.2, -0.15) is 4.99 Å². The minimum absolute atomic E-state index is 0.232. The first-order valence-electron chi connectivity index (χ1n) is 10.1. The van der Waals surface area contributed by atoms with Crippen molar-refractivity contribution in [1.82, 2.24) is 4.57 Å². The number of nitrogens with zero attached hydrogens (tertiary/aromatic N) is 2. The number of fused-ring (bicyclic) bond motifs is 1. The number of carbonyl (C=O) groups excluding carboxylic acids is 1. The van der Waals surface area contributed by atoms with Gasteiger partial charge in [-0.15, -0.1) is 0 Å². The highest BCUT2D eigenvalue weighted by atomic mass is 32.1. The van der Waals surface area contributed by atoms with Crippen LogP contribution >= 0.6 is 11.3 Å². The molecule has 0 saturated heterocycles. The number of hydrogen-bond donors (Lipinski definition) is 0. The third kappa shape index (κ3) is 4.27. The summed E-state index contributed by atoms with van der Waals surface area (Å²) >= 11 is 1.54. The number of hydrogen-bond acceptors (Lipinski definition) is 3. The molecular formula is C25H24N2O2S. The molecule has 1 heterocycles. The number of thiazole rings is 1. The van der Waals surface area contributed by atoms with Crippen molar-refractivity contribution in [3.8, 4) is 11.1 Å². The molecule has 3 aromatic carbocycles. The van der Waals surface area contributed by atoms with E-state index in [1.165, 1.54) is 16.9 Å². The topological polar surface area (TPSA) is 43.6 Å². The Bertz CT molecular complexity index is 1220. The SMILES string of the molecule is CCOCCn1c(=NC(=O)c2ccc(-c3ccccc3)cc2)sc2cccc(C)c21. The minimum Gasteiger partial charge on any atom is -0.380 e. The molecule has 0 unspecified atom stereocenters. The van der Waals surface area contributed by atoms with Gasteiger partial charge < -0.3 is 9.30 Å². The van der Waals surface area contributed by atoms with Gasteiger partial charge in [0.1, 0.15) is 0 Å². The Morgan fingerprint density at radius 1 is 0.967 bits per heavy atom. The second-order valence-corrected chi connectivity index (χ2v) is 8.02. The number of rotatable bonds is 6. The van der Waals surface area contributed by atoms with Gasteiger partial charge in [-0.25, -0.2) is 0 Å². The molecule has 0 aliphatic heterocycles. The smallest absolute Gasteiger partial charge is 0.279 e. The first-order valence-corrected chi connectivity index (χ1v) is 10.9. The van der Waals surface area contributed by atoms with E-state index >= 15 is 0 Å². The second kappa shape index (κ2) is 9.20. The summed E-state index contributed by atoms with van der Waals surface area (Å²) in [6, 6.07) is 23.9. The van der Waals surface area contributed by atoms with Gasteiger partial charge in [0, 0.05) is 18.7 Å². The molecule has 0 N–H and O–H groups in total. The molecule has 0 atom stereocenters. The highest BCUT2D eigenvalue weighted by Crippen LogP contribution is 2.22. The number of amides is 1. The van der Waals surface area contributed by atoms with E-state index in [4.69, 9.17) is 4.74 Å². The normalized spacial score (nSPS) is 11.9. The fourth-order valence-electron chi connectivity index (χ4n) is 3.49. The van der Waals surface area contributed by atoms with Crippen LogP contribution in [-0.2, 0) is 11.3 Å². The van der Waals surface area contributed by atoms with Crippen molar-refractivity contribution in [3.05, 3.63) is 88.7 Å². The quantitative estimate of drug-likeness (QED) is 0.392. The van der Waals surface area contributed by atoms with Crippen molar-refractivity contribution in [2.75, 3.05) is 13.2 Å². The van der Waals surface area contributed by atoms with Crippen LogP contribution in [0.3, 0.4) is 0 Å². The van der Waals surface area contributed by atoms with E-state index in [1.54, 1.807) is 0 Å². The van der Waals surface area contributed by atoms with Crippen molar-refractivity contribution in [3.63, 3.8) is 0 Å². The maximum atomic E-state index is 12.9. The van der Waals surface area contributed by atoms with Crippen molar-refractivity contribution in [2.45, 2.75) is 20.4 Å². The molecule has 0 aliphatic rings. The number of aromatic nitrogens is 1. The van der Waals surface area contributed by atoms with Gasteiger partial charge in [-0.3, -0.25) is 4.79 Å². The fourth-order valence-corrected chi connectivity index (χ4v) is 4.62. The molecule has 4 aromatic rings. The molecule has 0 fully saturated rings. The lowest BCUT2D eigenvalue weighted by Gasteiger charge is -2.07. The zero-order chi connectivity index (χ0) is 20.9. The first-order chi connectivity index (χ1) is 14.7. The Morgan fingerprint density at radius 3 is 2.43 bits per heavy atom. The molecule has 5 heteroatoms. The maximum absolute atomic E-state index is 12.9. The van der Waals surface area contributed by atoms with Gasteiger partial charge in [0.25, 0.3) is 5.91 Å². The standard InChI is InChI=1S/C25H24N2O2S/c1-3-29-17-16-27-23-18(2)8-7-11-22(23)30-25(27)26-24(28)21-14-12-20(13-15-21)19-9-5-4-6-10-19/h4-15H,3,16-17H2,1-2H3. The molecule has 4 nitrogen and oxygen atoms in total. The monoisotopic (exact) mass is 416 g/mol. The molecule has 0 radical (unpaired) electrons. The molecule has 0 saturated carbocycles. The molecule has 1 aromatic heterocycles. The Hall–Kier alpha value is -3.02. The average Bonchev–Trinajstić information content (AvgIpc) is 3.13. The maximum Gasteiger partial charge on any atom is 0.279 e. The minimum atomic E-state index is -0.232. The Labute approximate surface area is 180 Å². The second-order valence-electron chi connectivity index (χ2n) is 7.02.